The van der Waals surface area contributed by atoms with E-state index in [1.807, 2.05) is 55.5 Å². The van der Waals surface area contributed by atoms with Gasteiger partial charge in [0.25, 0.3) is 11.8 Å². The van der Waals surface area contributed by atoms with Crippen LogP contribution < -0.4 is 0 Å². The minimum Gasteiger partial charge on any atom is -0.464 e. The van der Waals surface area contributed by atoms with Gasteiger partial charge < -0.3 is 9.40 Å². The molecule has 132 valence electrons. The molecule has 0 saturated heterocycles. The van der Waals surface area contributed by atoms with Gasteiger partial charge >= 0.3 is 0 Å². The first-order valence-corrected chi connectivity index (χ1v) is 8.69. The van der Waals surface area contributed by atoms with Gasteiger partial charge in [-0.05, 0) is 19.1 Å². The topological polar surface area (TPSA) is 66.3 Å². The predicted molar refractivity (Wildman–Crippen MR) is 104 cm³/mol. The Morgan fingerprint density at radius 3 is 2.56 bits per heavy atom. The number of imide groups is 1. The molecule has 2 aromatic carbocycles. The Labute approximate surface area is 154 Å². The van der Waals surface area contributed by atoms with Gasteiger partial charge in [0.15, 0.2) is 0 Å². The molecule has 1 aliphatic heterocycles. The Balaban J connectivity index is 1.91. The van der Waals surface area contributed by atoms with Crippen molar-refractivity contribution >= 4 is 44.8 Å². The minimum atomic E-state index is -0.316. The number of H-pyrrole nitrogens is 1. The molecular weight excluding hydrogens is 340 g/mol. The number of aromatic nitrogens is 1. The van der Waals surface area contributed by atoms with Gasteiger partial charge in [-0.2, -0.15) is 0 Å². The Morgan fingerprint density at radius 2 is 1.70 bits per heavy atom. The number of para-hydroxylation sites is 2. The van der Waals surface area contributed by atoms with E-state index in [4.69, 9.17) is 4.42 Å². The summed E-state index contributed by atoms with van der Waals surface area (Å²) in [4.78, 5) is 30.6. The smallest absolute Gasteiger partial charge is 0.262 e. The van der Waals surface area contributed by atoms with Gasteiger partial charge in [0, 0.05) is 40.2 Å². The summed E-state index contributed by atoms with van der Waals surface area (Å²) in [6, 6.07) is 15.3. The van der Waals surface area contributed by atoms with E-state index >= 15 is 0 Å². The van der Waals surface area contributed by atoms with E-state index in [9.17, 15) is 9.59 Å². The number of fused-ring (bicyclic) bond motifs is 2. The highest BCUT2D eigenvalue weighted by Crippen LogP contribution is 2.41. The number of nitrogens with zero attached hydrogens (tertiary/aromatic N) is 1. The lowest BCUT2D eigenvalue weighted by Gasteiger charge is -2.06. The molecule has 0 bridgehead atoms. The van der Waals surface area contributed by atoms with Crippen LogP contribution in [0.2, 0.25) is 0 Å². The standard InChI is InChI=1S/C22H16N2O3/c1-12-17(14-7-3-4-9-16(14)23-12)19-18(21(25)24(2)22(19)26)15-8-5-6-13-10-11-27-20(13)15/h3-11,23H,1-2H3. The minimum absolute atomic E-state index is 0.300. The predicted octanol–water partition coefficient (Wildman–Crippen LogP) is 4.13. The second-order valence-electron chi connectivity index (χ2n) is 6.73. The lowest BCUT2D eigenvalue weighted by molar-refractivity contribution is -0.134. The summed E-state index contributed by atoms with van der Waals surface area (Å²) in [5.74, 6) is -0.616. The molecule has 5 heteroatoms. The van der Waals surface area contributed by atoms with Crippen molar-refractivity contribution in [2.75, 3.05) is 7.05 Å². The van der Waals surface area contributed by atoms with E-state index in [-0.39, 0.29) is 11.8 Å². The van der Waals surface area contributed by atoms with Crippen molar-refractivity contribution in [3.8, 4) is 0 Å². The second kappa shape index (κ2) is 5.45. The third-order valence-electron chi connectivity index (χ3n) is 5.18. The molecule has 0 aliphatic carbocycles. The lowest BCUT2D eigenvalue weighted by Crippen LogP contribution is -2.26. The summed E-state index contributed by atoms with van der Waals surface area (Å²) in [7, 11) is 1.52. The number of hydrogen-bond acceptors (Lipinski definition) is 3. The van der Waals surface area contributed by atoms with Gasteiger partial charge in [0.05, 0.1) is 17.4 Å². The molecule has 0 atom stereocenters. The van der Waals surface area contributed by atoms with Crippen LogP contribution in [-0.4, -0.2) is 28.7 Å². The molecule has 27 heavy (non-hydrogen) atoms. The molecule has 0 saturated carbocycles. The third kappa shape index (κ3) is 2.05. The molecule has 0 spiro atoms. The fourth-order valence-electron chi connectivity index (χ4n) is 3.91. The maximum absolute atomic E-state index is 13.1. The summed E-state index contributed by atoms with van der Waals surface area (Å²) in [6.07, 6.45) is 1.59. The largest absolute Gasteiger partial charge is 0.464 e. The highest BCUT2D eigenvalue weighted by Gasteiger charge is 2.39. The zero-order valence-corrected chi connectivity index (χ0v) is 14.9. The van der Waals surface area contributed by atoms with Crippen LogP contribution in [0.15, 0.2) is 59.2 Å². The Kier molecular flexibility index (Phi) is 3.15. The van der Waals surface area contributed by atoms with Crippen molar-refractivity contribution < 1.29 is 14.0 Å². The molecule has 5 nitrogen and oxygen atoms in total. The molecule has 2 aromatic heterocycles. The van der Waals surface area contributed by atoms with Crippen LogP contribution >= 0.6 is 0 Å². The Morgan fingerprint density at radius 1 is 0.926 bits per heavy atom. The summed E-state index contributed by atoms with van der Waals surface area (Å²) >= 11 is 0. The molecule has 0 radical (unpaired) electrons. The number of aromatic amines is 1. The van der Waals surface area contributed by atoms with E-state index in [0.29, 0.717) is 22.3 Å². The molecule has 0 fully saturated rings. The molecule has 3 heterocycles. The van der Waals surface area contributed by atoms with Crippen molar-refractivity contribution in [2.45, 2.75) is 6.92 Å². The number of aryl methyl sites for hydroxylation is 1. The third-order valence-corrected chi connectivity index (χ3v) is 5.18. The molecule has 5 rings (SSSR count). The quantitative estimate of drug-likeness (QED) is 0.549. The van der Waals surface area contributed by atoms with Crippen molar-refractivity contribution in [2.24, 2.45) is 0 Å². The number of nitrogens with one attached hydrogen (secondary N) is 1. The average Bonchev–Trinajstić information content (AvgIpc) is 3.33. The second-order valence-corrected chi connectivity index (χ2v) is 6.73. The van der Waals surface area contributed by atoms with Crippen molar-refractivity contribution in [3.05, 3.63) is 71.6 Å². The fraction of sp³-hybridized carbons (Fsp3) is 0.0909. The highest BCUT2D eigenvalue weighted by molar-refractivity contribution is 6.50. The number of likely N-dealkylation sites (N-methyl/N-ethyl adjacent to an activating group) is 1. The first-order chi connectivity index (χ1) is 13.1. The van der Waals surface area contributed by atoms with Crippen LogP contribution in [0.1, 0.15) is 16.8 Å². The van der Waals surface area contributed by atoms with Gasteiger partial charge in [-0.3, -0.25) is 14.5 Å². The van der Waals surface area contributed by atoms with Crippen molar-refractivity contribution in [3.63, 3.8) is 0 Å². The van der Waals surface area contributed by atoms with Crippen LogP contribution in [0.25, 0.3) is 33.0 Å². The van der Waals surface area contributed by atoms with Crippen LogP contribution in [0.5, 0.6) is 0 Å². The van der Waals surface area contributed by atoms with E-state index in [2.05, 4.69) is 4.98 Å². The maximum Gasteiger partial charge on any atom is 0.262 e. The molecule has 2 amide bonds. The Bertz CT molecular complexity index is 1290. The van der Waals surface area contributed by atoms with Crippen LogP contribution in [0.4, 0.5) is 0 Å². The monoisotopic (exact) mass is 356 g/mol. The highest BCUT2D eigenvalue weighted by atomic mass is 16.3. The summed E-state index contributed by atoms with van der Waals surface area (Å²) in [5.41, 5.74) is 4.61. The van der Waals surface area contributed by atoms with E-state index < -0.39 is 0 Å². The van der Waals surface area contributed by atoms with Crippen LogP contribution in [0.3, 0.4) is 0 Å². The molecule has 4 aromatic rings. The van der Waals surface area contributed by atoms with E-state index in [0.717, 1.165) is 27.5 Å². The molecule has 1 aliphatic rings. The fourth-order valence-corrected chi connectivity index (χ4v) is 3.91. The van der Waals surface area contributed by atoms with Gasteiger partial charge in [-0.1, -0.05) is 36.4 Å². The first kappa shape index (κ1) is 15.6. The summed E-state index contributed by atoms with van der Waals surface area (Å²) in [5, 5.41) is 1.82. The van der Waals surface area contributed by atoms with Crippen LogP contribution in [-0.2, 0) is 9.59 Å². The van der Waals surface area contributed by atoms with Gasteiger partial charge in [0.1, 0.15) is 5.58 Å². The number of carbonyl (C=O) groups is 2. The summed E-state index contributed by atoms with van der Waals surface area (Å²) in [6.45, 7) is 1.92. The SMILES string of the molecule is Cc1[nH]c2ccccc2c1C1=C(c2cccc3ccoc23)C(=O)N(C)C1=O. The number of hydrogen-bond donors (Lipinski definition) is 1. The van der Waals surface area contributed by atoms with Gasteiger partial charge in [0.2, 0.25) is 0 Å². The zero-order chi connectivity index (χ0) is 18.7. The lowest BCUT2D eigenvalue weighted by atomic mass is 9.93. The number of rotatable bonds is 2. The number of benzene rings is 2. The Hall–Kier alpha value is -3.60. The van der Waals surface area contributed by atoms with E-state index in [1.54, 1.807) is 6.26 Å². The summed E-state index contributed by atoms with van der Waals surface area (Å²) < 4.78 is 5.64. The maximum atomic E-state index is 13.1. The van der Waals surface area contributed by atoms with Crippen molar-refractivity contribution in [1.29, 1.82) is 0 Å². The number of amides is 2. The normalized spacial score (nSPS) is 15.0. The van der Waals surface area contributed by atoms with Crippen LogP contribution in [0, 0.1) is 6.92 Å². The zero-order valence-electron chi connectivity index (χ0n) is 14.9. The first-order valence-electron chi connectivity index (χ1n) is 8.69. The molecule has 1 N–H and O–H groups in total. The van der Waals surface area contributed by atoms with Gasteiger partial charge in [-0.25, -0.2) is 0 Å². The number of furan rings is 1. The van der Waals surface area contributed by atoms with Crippen molar-refractivity contribution in [1.82, 2.24) is 9.88 Å². The van der Waals surface area contributed by atoms with Gasteiger partial charge in [-0.15, -0.1) is 0 Å². The average molecular weight is 356 g/mol. The van der Waals surface area contributed by atoms with E-state index in [1.165, 1.54) is 11.9 Å². The molecular formula is C22H16N2O3. The number of carbonyl (C=O) groups excluding carboxylic acids is 2. The molecule has 0 unspecified atom stereocenters.